The molecule has 0 unspecified atom stereocenters. The van der Waals surface area contributed by atoms with Gasteiger partial charge in [0.25, 0.3) is 0 Å². The lowest BCUT2D eigenvalue weighted by atomic mass is 9.90. The highest BCUT2D eigenvalue weighted by atomic mass is 14.9. The third-order valence-corrected chi connectivity index (χ3v) is 5.96. The molecule has 2 aromatic carbocycles. The van der Waals surface area contributed by atoms with E-state index in [1.807, 2.05) is 0 Å². The van der Waals surface area contributed by atoms with E-state index in [0.29, 0.717) is 0 Å². The number of hydrogen-bond donors (Lipinski definition) is 0. The Balaban J connectivity index is 1.82. The predicted molar refractivity (Wildman–Crippen MR) is 123 cm³/mol. The predicted octanol–water partition coefficient (Wildman–Crippen LogP) is 6.39. The lowest BCUT2D eigenvalue weighted by molar-refractivity contribution is 0.390. The van der Waals surface area contributed by atoms with Crippen molar-refractivity contribution in [2.75, 3.05) is 0 Å². The van der Waals surface area contributed by atoms with Crippen molar-refractivity contribution in [2.45, 2.75) is 79.3 Å². The highest BCUT2D eigenvalue weighted by Crippen LogP contribution is 2.25. The maximum atomic E-state index is 5.02. The Morgan fingerprint density at radius 1 is 0.607 bits per heavy atom. The summed E-state index contributed by atoms with van der Waals surface area (Å²) in [7, 11) is 0. The first-order valence-corrected chi connectivity index (χ1v) is 10.6. The Hall–Kier alpha value is -2.22. The van der Waals surface area contributed by atoms with Crippen LogP contribution >= 0.6 is 0 Å². The van der Waals surface area contributed by atoms with E-state index in [-0.39, 0.29) is 12.1 Å². The average Bonchev–Trinajstić information content (AvgIpc) is 2.61. The van der Waals surface area contributed by atoms with Crippen LogP contribution < -0.4 is 0 Å². The molecule has 1 aliphatic carbocycles. The molecule has 3 rings (SSSR count). The summed E-state index contributed by atoms with van der Waals surface area (Å²) >= 11 is 0. The number of benzene rings is 2. The normalized spacial score (nSPS) is 20.4. The van der Waals surface area contributed by atoms with E-state index in [4.69, 9.17) is 9.98 Å². The van der Waals surface area contributed by atoms with Crippen molar-refractivity contribution in [1.29, 1.82) is 0 Å². The maximum absolute atomic E-state index is 5.02. The van der Waals surface area contributed by atoms with Crippen LogP contribution in [0.4, 0.5) is 0 Å². The molecule has 0 radical (unpaired) electrons. The molecule has 0 aliphatic heterocycles. The van der Waals surface area contributed by atoms with Crippen molar-refractivity contribution < 1.29 is 0 Å². The van der Waals surface area contributed by atoms with Crippen LogP contribution in [0, 0.1) is 41.5 Å². The first-order chi connectivity index (χ1) is 13.3. The minimum atomic E-state index is 0.288. The zero-order chi connectivity index (χ0) is 20.3. The van der Waals surface area contributed by atoms with E-state index < -0.39 is 0 Å². The molecule has 1 saturated carbocycles. The summed E-state index contributed by atoms with van der Waals surface area (Å²) in [6, 6.07) is 9.55. The third-order valence-electron chi connectivity index (χ3n) is 5.96. The average molecular weight is 375 g/mol. The number of aliphatic imine (C=N–C) groups is 2. The Morgan fingerprint density at radius 3 is 1.25 bits per heavy atom. The van der Waals surface area contributed by atoms with Gasteiger partial charge in [-0.1, -0.05) is 48.2 Å². The van der Waals surface area contributed by atoms with Crippen LogP contribution in [0.1, 0.15) is 70.2 Å². The van der Waals surface area contributed by atoms with Crippen LogP contribution in [0.15, 0.2) is 34.3 Å². The molecule has 2 aromatic rings. The van der Waals surface area contributed by atoms with Gasteiger partial charge >= 0.3 is 0 Å². The van der Waals surface area contributed by atoms with Crippen molar-refractivity contribution in [3.05, 3.63) is 68.8 Å². The van der Waals surface area contributed by atoms with Crippen LogP contribution in [0.3, 0.4) is 0 Å². The fourth-order valence-electron chi connectivity index (χ4n) is 4.57. The first-order valence-electron chi connectivity index (χ1n) is 10.6. The van der Waals surface area contributed by atoms with E-state index in [1.165, 1.54) is 57.3 Å². The van der Waals surface area contributed by atoms with Gasteiger partial charge in [-0.25, -0.2) is 0 Å². The molecular formula is C26H34N2. The molecule has 0 bridgehead atoms. The van der Waals surface area contributed by atoms with Gasteiger partial charge in [-0.15, -0.1) is 0 Å². The largest absolute Gasteiger partial charge is 0.287 e. The summed E-state index contributed by atoms with van der Waals surface area (Å²) in [6.45, 7) is 13.0. The lowest BCUT2D eigenvalue weighted by Gasteiger charge is -2.26. The van der Waals surface area contributed by atoms with Crippen molar-refractivity contribution in [3.63, 3.8) is 0 Å². The fraction of sp³-hybridized carbons (Fsp3) is 0.462. The van der Waals surface area contributed by atoms with E-state index in [9.17, 15) is 0 Å². The molecule has 0 amide bonds. The molecule has 0 N–H and O–H groups in total. The van der Waals surface area contributed by atoms with Crippen molar-refractivity contribution in [2.24, 2.45) is 9.98 Å². The Kier molecular flexibility index (Phi) is 6.49. The fourth-order valence-corrected chi connectivity index (χ4v) is 4.57. The maximum Gasteiger partial charge on any atom is 0.0723 e. The van der Waals surface area contributed by atoms with E-state index in [1.54, 1.807) is 0 Å². The second kappa shape index (κ2) is 8.86. The van der Waals surface area contributed by atoms with Crippen molar-refractivity contribution in [3.8, 4) is 0 Å². The van der Waals surface area contributed by atoms with Gasteiger partial charge in [-0.2, -0.15) is 0 Å². The van der Waals surface area contributed by atoms with Gasteiger partial charge in [0.05, 0.1) is 12.1 Å². The van der Waals surface area contributed by atoms with E-state index >= 15 is 0 Å². The number of aryl methyl sites for hydroxylation is 6. The minimum absolute atomic E-state index is 0.288. The van der Waals surface area contributed by atoms with E-state index in [0.717, 1.165) is 12.8 Å². The third kappa shape index (κ3) is 4.79. The van der Waals surface area contributed by atoms with Gasteiger partial charge in [-0.3, -0.25) is 9.98 Å². The summed E-state index contributed by atoms with van der Waals surface area (Å²) in [5.74, 6) is 0. The SMILES string of the molecule is Cc1cc(C)c(C=N[C@@H]2CCCC[C@H]2N=Cc2c(C)cc(C)cc2C)c(C)c1. The lowest BCUT2D eigenvalue weighted by Crippen LogP contribution is -2.27. The van der Waals surface area contributed by atoms with E-state index in [2.05, 4.69) is 78.2 Å². The topological polar surface area (TPSA) is 24.7 Å². The number of nitrogens with zero attached hydrogens (tertiary/aromatic N) is 2. The van der Waals surface area contributed by atoms with Crippen LogP contribution in [-0.2, 0) is 0 Å². The summed E-state index contributed by atoms with van der Waals surface area (Å²) in [6.07, 6.45) is 8.98. The Labute approximate surface area is 170 Å². The molecule has 2 nitrogen and oxygen atoms in total. The molecule has 28 heavy (non-hydrogen) atoms. The van der Waals surface area contributed by atoms with Crippen molar-refractivity contribution >= 4 is 12.4 Å². The Morgan fingerprint density at radius 2 is 0.929 bits per heavy atom. The first kappa shape index (κ1) is 20.5. The monoisotopic (exact) mass is 374 g/mol. The van der Waals surface area contributed by atoms with Crippen LogP contribution in [0.2, 0.25) is 0 Å². The zero-order valence-electron chi connectivity index (χ0n) is 18.3. The summed E-state index contributed by atoms with van der Waals surface area (Å²) in [5.41, 5.74) is 10.4. The highest BCUT2D eigenvalue weighted by Gasteiger charge is 2.23. The van der Waals surface area contributed by atoms with Crippen molar-refractivity contribution in [1.82, 2.24) is 0 Å². The smallest absolute Gasteiger partial charge is 0.0723 e. The Bertz CT molecular complexity index is 783. The minimum Gasteiger partial charge on any atom is -0.287 e. The van der Waals surface area contributed by atoms with Gasteiger partial charge in [0.15, 0.2) is 0 Å². The number of rotatable bonds is 4. The molecule has 2 atom stereocenters. The highest BCUT2D eigenvalue weighted by molar-refractivity contribution is 5.85. The summed E-state index contributed by atoms with van der Waals surface area (Å²) < 4.78 is 0. The van der Waals surface area contributed by atoms with Gasteiger partial charge in [0, 0.05) is 12.4 Å². The number of hydrogen-bond acceptors (Lipinski definition) is 2. The molecule has 2 heteroatoms. The molecule has 0 aromatic heterocycles. The van der Waals surface area contributed by atoms with Gasteiger partial charge < -0.3 is 0 Å². The second-order valence-corrected chi connectivity index (χ2v) is 8.60. The summed E-state index contributed by atoms with van der Waals surface area (Å²) in [5, 5.41) is 0. The molecule has 148 valence electrons. The van der Waals surface area contributed by atoms with Crippen LogP contribution in [0.5, 0.6) is 0 Å². The van der Waals surface area contributed by atoms with Gasteiger partial charge in [-0.05, 0) is 87.8 Å². The van der Waals surface area contributed by atoms with Gasteiger partial charge in [0.2, 0.25) is 0 Å². The van der Waals surface area contributed by atoms with Gasteiger partial charge in [0.1, 0.15) is 0 Å². The standard InChI is InChI=1S/C26H34N2/c1-17-11-19(3)23(20(4)12-17)15-27-25-9-7-8-10-26(25)28-16-24-21(5)13-18(2)14-22(24)6/h11-16,25-26H,7-10H2,1-6H3/t25-,26-/m1/s1. The quantitative estimate of drug-likeness (QED) is 0.554. The van der Waals surface area contributed by atoms with Crippen LogP contribution in [0.25, 0.3) is 0 Å². The molecule has 0 saturated heterocycles. The molecule has 1 aliphatic rings. The molecular weight excluding hydrogens is 340 g/mol. The molecule has 1 fully saturated rings. The van der Waals surface area contributed by atoms with Crippen LogP contribution in [-0.4, -0.2) is 24.5 Å². The second-order valence-electron chi connectivity index (χ2n) is 8.60. The zero-order valence-corrected chi connectivity index (χ0v) is 18.3. The molecule has 0 heterocycles. The summed E-state index contributed by atoms with van der Waals surface area (Å²) in [4.78, 5) is 10.0. The molecule has 0 spiro atoms.